The van der Waals surface area contributed by atoms with Gasteiger partial charge in [-0.05, 0) is 138 Å². The highest BCUT2D eigenvalue weighted by Gasteiger charge is 2.38. The van der Waals surface area contributed by atoms with Crippen molar-refractivity contribution < 1.29 is 0 Å². The second kappa shape index (κ2) is 11.1. The van der Waals surface area contributed by atoms with E-state index in [0.29, 0.717) is 0 Å². The fraction of sp³-hybridized carbons (Fsp3) is 0.0545. The zero-order chi connectivity index (χ0) is 36.4. The molecule has 1 aliphatic rings. The van der Waals surface area contributed by atoms with Crippen molar-refractivity contribution >= 4 is 75.4 Å². The van der Waals surface area contributed by atoms with Gasteiger partial charge in [-0.15, -0.1) is 0 Å². The Labute approximate surface area is 319 Å². The first-order chi connectivity index (χ1) is 27.1. The minimum Gasteiger partial charge on any atom is -0.0616 e. The first-order valence-corrected chi connectivity index (χ1v) is 19.4. The summed E-state index contributed by atoms with van der Waals surface area (Å²) in [7, 11) is 0. The molecule has 12 rings (SSSR count). The average molecular weight is 697 g/mol. The van der Waals surface area contributed by atoms with E-state index in [9.17, 15) is 0 Å². The van der Waals surface area contributed by atoms with Crippen molar-refractivity contribution in [2.75, 3.05) is 0 Å². The van der Waals surface area contributed by atoms with Gasteiger partial charge < -0.3 is 0 Å². The van der Waals surface area contributed by atoms with Gasteiger partial charge in [-0.2, -0.15) is 0 Å². The second-order valence-corrected chi connectivity index (χ2v) is 16.0. The van der Waals surface area contributed by atoms with Gasteiger partial charge in [0.25, 0.3) is 0 Å². The maximum absolute atomic E-state index is 2.51. The molecule has 0 bridgehead atoms. The van der Waals surface area contributed by atoms with E-state index >= 15 is 0 Å². The largest absolute Gasteiger partial charge is 0.0616 e. The summed E-state index contributed by atoms with van der Waals surface area (Å²) >= 11 is 0. The fourth-order valence-electron chi connectivity index (χ4n) is 10.4. The molecule has 0 saturated carbocycles. The molecule has 0 heterocycles. The van der Waals surface area contributed by atoms with E-state index < -0.39 is 0 Å². The van der Waals surface area contributed by atoms with Crippen molar-refractivity contribution in [3.8, 4) is 33.4 Å². The van der Waals surface area contributed by atoms with Crippen LogP contribution in [0.1, 0.15) is 25.0 Å². The maximum atomic E-state index is 2.51. The Hall–Kier alpha value is -6.76. The van der Waals surface area contributed by atoms with Crippen LogP contribution < -0.4 is 0 Å². The zero-order valence-electron chi connectivity index (χ0n) is 30.8. The van der Waals surface area contributed by atoms with Crippen LogP contribution in [0.15, 0.2) is 182 Å². The Morgan fingerprint density at radius 3 is 1.47 bits per heavy atom. The summed E-state index contributed by atoms with van der Waals surface area (Å²) < 4.78 is 0. The van der Waals surface area contributed by atoms with Gasteiger partial charge in [0, 0.05) is 5.41 Å². The summed E-state index contributed by atoms with van der Waals surface area (Å²) in [6, 6.07) is 68.4. The molecule has 0 atom stereocenters. The minimum absolute atomic E-state index is 0.133. The third-order valence-corrected chi connectivity index (χ3v) is 12.8. The van der Waals surface area contributed by atoms with Gasteiger partial charge in [0.1, 0.15) is 0 Å². The van der Waals surface area contributed by atoms with E-state index in [-0.39, 0.29) is 5.41 Å². The SMILES string of the molecule is CC1(C)c2ccc(-c3c4ccccc4c(-c4cccc5c4ccc4cc6ccccc6cc45)c4ccccc34)cc2-c2c1c1ccccc1c1ccccc21. The summed E-state index contributed by atoms with van der Waals surface area (Å²) in [5.74, 6) is 0. The van der Waals surface area contributed by atoms with Crippen LogP contribution in [0.5, 0.6) is 0 Å². The number of fused-ring (bicyclic) bond motifs is 14. The van der Waals surface area contributed by atoms with Crippen LogP contribution in [0.25, 0.3) is 109 Å². The molecule has 256 valence electrons. The molecule has 0 heteroatoms. The monoisotopic (exact) mass is 696 g/mol. The highest BCUT2D eigenvalue weighted by molar-refractivity contribution is 6.26. The molecular weight excluding hydrogens is 661 g/mol. The smallest absolute Gasteiger partial charge is 0.0165 e. The Balaban J connectivity index is 1.15. The minimum atomic E-state index is -0.133. The summed E-state index contributed by atoms with van der Waals surface area (Å²) in [6.45, 7) is 4.82. The van der Waals surface area contributed by atoms with Crippen molar-refractivity contribution in [3.63, 3.8) is 0 Å². The lowest BCUT2D eigenvalue weighted by Crippen LogP contribution is -2.15. The van der Waals surface area contributed by atoms with Gasteiger partial charge in [0.15, 0.2) is 0 Å². The van der Waals surface area contributed by atoms with Crippen molar-refractivity contribution in [1.82, 2.24) is 0 Å². The van der Waals surface area contributed by atoms with E-state index in [1.54, 1.807) is 0 Å². The second-order valence-electron chi connectivity index (χ2n) is 16.0. The van der Waals surface area contributed by atoms with Gasteiger partial charge in [-0.25, -0.2) is 0 Å². The molecule has 0 amide bonds. The van der Waals surface area contributed by atoms with Crippen LogP contribution in [0.3, 0.4) is 0 Å². The molecule has 11 aromatic carbocycles. The first-order valence-electron chi connectivity index (χ1n) is 19.4. The lowest BCUT2D eigenvalue weighted by atomic mass is 9.79. The van der Waals surface area contributed by atoms with E-state index in [1.807, 2.05) is 0 Å². The van der Waals surface area contributed by atoms with Crippen LogP contribution in [0, 0.1) is 0 Å². The van der Waals surface area contributed by atoms with E-state index in [1.165, 1.54) is 120 Å². The summed E-state index contributed by atoms with van der Waals surface area (Å²) in [4.78, 5) is 0. The molecule has 0 fully saturated rings. The third kappa shape index (κ3) is 4.17. The lowest BCUT2D eigenvalue weighted by molar-refractivity contribution is 0.666. The number of rotatable bonds is 2. The molecule has 11 aromatic rings. The van der Waals surface area contributed by atoms with Crippen LogP contribution in [0.2, 0.25) is 0 Å². The highest BCUT2D eigenvalue weighted by atomic mass is 14.4. The molecule has 0 unspecified atom stereocenters. The van der Waals surface area contributed by atoms with E-state index in [4.69, 9.17) is 0 Å². The normalized spacial score (nSPS) is 13.4. The maximum Gasteiger partial charge on any atom is 0.0165 e. The molecule has 0 nitrogen and oxygen atoms in total. The van der Waals surface area contributed by atoms with Crippen LogP contribution in [-0.2, 0) is 5.41 Å². The number of hydrogen-bond acceptors (Lipinski definition) is 0. The average Bonchev–Trinajstić information content (AvgIpc) is 3.47. The topological polar surface area (TPSA) is 0 Å². The van der Waals surface area contributed by atoms with E-state index in [0.717, 1.165) is 0 Å². The summed E-state index contributed by atoms with van der Waals surface area (Å²) in [5, 5.41) is 18.1. The van der Waals surface area contributed by atoms with Gasteiger partial charge in [-0.1, -0.05) is 178 Å². The van der Waals surface area contributed by atoms with E-state index in [2.05, 4.69) is 196 Å². The van der Waals surface area contributed by atoms with Crippen molar-refractivity contribution in [3.05, 3.63) is 193 Å². The molecule has 0 radical (unpaired) electrons. The predicted molar refractivity (Wildman–Crippen MR) is 237 cm³/mol. The third-order valence-electron chi connectivity index (χ3n) is 12.8. The predicted octanol–water partition coefficient (Wildman–Crippen LogP) is 15.4. The molecule has 0 saturated heterocycles. The summed E-state index contributed by atoms with van der Waals surface area (Å²) in [5.41, 5.74) is 10.6. The van der Waals surface area contributed by atoms with Crippen LogP contribution >= 0.6 is 0 Å². The highest BCUT2D eigenvalue weighted by Crippen LogP contribution is 2.56. The van der Waals surface area contributed by atoms with Crippen LogP contribution in [-0.4, -0.2) is 0 Å². The molecule has 55 heavy (non-hydrogen) atoms. The number of hydrogen-bond donors (Lipinski definition) is 0. The van der Waals surface area contributed by atoms with Crippen LogP contribution in [0.4, 0.5) is 0 Å². The molecule has 0 aromatic heterocycles. The van der Waals surface area contributed by atoms with Gasteiger partial charge in [0.05, 0.1) is 0 Å². The number of benzene rings is 11. The molecule has 0 spiro atoms. The Bertz CT molecular complexity index is 3390. The van der Waals surface area contributed by atoms with Gasteiger partial charge in [-0.3, -0.25) is 0 Å². The van der Waals surface area contributed by atoms with Gasteiger partial charge >= 0.3 is 0 Å². The van der Waals surface area contributed by atoms with Crippen molar-refractivity contribution in [2.24, 2.45) is 0 Å². The van der Waals surface area contributed by atoms with Crippen molar-refractivity contribution in [2.45, 2.75) is 19.3 Å². The molecule has 0 aliphatic heterocycles. The standard InChI is InChI=1S/C55H36/c1-55(2)50-29-27-36(32-49(50)53-42-18-7-5-16-37(42)38-17-6-12-23-47(38)54(53)55)51-43-19-8-10-21-45(43)52(46-22-11-9-20-44(46)51)41-25-13-24-39-40(41)28-26-35-30-33-14-3-4-15-34(33)31-48(35)39/h3-32H,1-2H3. The Morgan fingerprint density at radius 1 is 0.291 bits per heavy atom. The fourth-order valence-corrected chi connectivity index (χ4v) is 10.4. The summed E-state index contributed by atoms with van der Waals surface area (Å²) in [6.07, 6.45) is 0. The van der Waals surface area contributed by atoms with Gasteiger partial charge in [0.2, 0.25) is 0 Å². The zero-order valence-corrected chi connectivity index (χ0v) is 30.8. The molecule has 0 N–H and O–H groups in total. The van der Waals surface area contributed by atoms with Crippen molar-refractivity contribution in [1.29, 1.82) is 0 Å². The Kier molecular flexibility index (Phi) is 6.21. The Morgan fingerprint density at radius 2 is 0.800 bits per heavy atom. The molecule has 1 aliphatic carbocycles. The molecular formula is C55H36. The first kappa shape index (κ1) is 30.7. The quantitative estimate of drug-likeness (QED) is 0.125. The lowest BCUT2D eigenvalue weighted by Gasteiger charge is -2.24.